The summed E-state index contributed by atoms with van der Waals surface area (Å²) < 4.78 is 43.3. The monoisotopic (exact) mass is 488 g/mol. The molecule has 0 unspecified atom stereocenters. The Morgan fingerprint density at radius 1 is 1.29 bits per heavy atom. The van der Waals surface area contributed by atoms with Crippen LogP contribution in [0.3, 0.4) is 0 Å². The van der Waals surface area contributed by atoms with Crippen molar-refractivity contribution in [2.45, 2.75) is 43.9 Å². The third kappa shape index (κ3) is 4.28. The van der Waals surface area contributed by atoms with E-state index in [1.807, 2.05) is 35.2 Å². The number of hydrogen-bond acceptors (Lipinski definition) is 8. The fourth-order valence-electron chi connectivity index (χ4n) is 4.70. The summed E-state index contributed by atoms with van der Waals surface area (Å²) in [4.78, 5) is 17.5. The second-order valence-corrected chi connectivity index (χ2v) is 8.75. The van der Waals surface area contributed by atoms with Gasteiger partial charge in [-0.3, -0.25) is 9.47 Å². The highest BCUT2D eigenvalue weighted by Gasteiger charge is 2.59. The van der Waals surface area contributed by atoms with Gasteiger partial charge >= 0.3 is 11.6 Å². The molecule has 0 amide bonds. The van der Waals surface area contributed by atoms with E-state index in [1.54, 1.807) is 11.8 Å². The average Bonchev–Trinajstić information content (AvgIpc) is 3.28. The molecule has 5 rings (SSSR count). The summed E-state index contributed by atoms with van der Waals surface area (Å²) in [6.45, 7) is 1.52. The molecule has 12 heteroatoms. The number of aliphatic hydroxyl groups excluding tert-OH is 1. The van der Waals surface area contributed by atoms with Crippen LogP contribution in [0.2, 0.25) is 0 Å². The number of alkyl halides is 2. The number of benzene rings is 1. The number of hydrogen-bond donors (Lipinski definition) is 2. The van der Waals surface area contributed by atoms with Crippen LogP contribution in [0.25, 0.3) is 0 Å². The molecule has 4 heterocycles. The lowest BCUT2D eigenvalue weighted by atomic mass is 10.0. The van der Waals surface area contributed by atoms with Gasteiger partial charge in [0.15, 0.2) is 0 Å². The van der Waals surface area contributed by atoms with Crippen molar-refractivity contribution in [3.8, 4) is 5.88 Å². The van der Waals surface area contributed by atoms with E-state index in [0.29, 0.717) is 36.5 Å². The smallest absolute Gasteiger partial charge is 0.351 e. The van der Waals surface area contributed by atoms with Gasteiger partial charge in [-0.1, -0.05) is 30.3 Å². The van der Waals surface area contributed by atoms with Crippen LogP contribution in [0, 0.1) is 0 Å². The Balaban J connectivity index is 1.32. The molecule has 2 aliphatic heterocycles. The molecular weight excluding hydrogens is 462 g/mol. The molecule has 0 spiro atoms. The molecule has 186 valence electrons. The zero-order chi connectivity index (χ0) is 24.7. The van der Waals surface area contributed by atoms with Crippen molar-refractivity contribution in [3.05, 3.63) is 69.9 Å². The fraction of sp³-hybridized carbons (Fsp3) is 0.435. The molecule has 2 aliphatic rings. The third-order valence-corrected chi connectivity index (χ3v) is 6.42. The van der Waals surface area contributed by atoms with Crippen molar-refractivity contribution in [1.29, 1.82) is 0 Å². The number of nitrogens with zero attached hydrogens (tertiary/aromatic N) is 5. The molecule has 0 bridgehead atoms. The molecule has 3 atom stereocenters. The SMILES string of the molecule is COc1c2c(nn1Cc1ccccc1)CN(C[C@H]1O[C@@H](n3ccc(N)nc3=O)C(F)(F)[C@@H]1O)CC2. The Morgan fingerprint density at radius 3 is 2.77 bits per heavy atom. The van der Waals surface area contributed by atoms with Crippen LogP contribution in [0.4, 0.5) is 14.6 Å². The standard InChI is InChI=1S/C23H26F2N6O4/c1-34-20-15-7-9-29(12-16(15)28-31(20)11-14-5-3-2-4-6-14)13-17-19(32)23(24,25)21(35-17)30-10-8-18(26)27-22(30)33/h2-6,8,10,17,19,21,32H,7,9,11-13H2,1H3,(H2,26,27,33)/t17-,19-,21-/m1/s1. The summed E-state index contributed by atoms with van der Waals surface area (Å²) in [5.74, 6) is -3.09. The largest absolute Gasteiger partial charge is 0.481 e. The van der Waals surface area contributed by atoms with Crippen molar-refractivity contribution in [2.24, 2.45) is 0 Å². The van der Waals surface area contributed by atoms with E-state index in [9.17, 15) is 18.7 Å². The number of aromatic nitrogens is 4. The molecule has 10 nitrogen and oxygen atoms in total. The minimum absolute atomic E-state index is 0.0394. The normalized spacial score (nSPS) is 23.8. The van der Waals surface area contributed by atoms with E-state index in [4.69, 9.17) is 20.3 Å². The van der Waals surface area contributed by atoms with Gasteiger partial charge in [0.05, 0.1) is 19.3 Å². The first-order valence-electron chi connectivity index (χ1n) is 11.2. The Morgan fingerprint density at radius 2 is 2.06 bits per heavy atom. The zero-order valence-electron chi connectivity index (χ0n) is 19.1. The summed E-state index contributed by atoms with van der Waals surface area (Å²) in [5.41, 5.74) is 7.33. The number of nitrogens with two attached hydrogens (primary N) is 1. The summed E-state index contributed by atoms with van der Waals surface area (Å²) in [7, 11) is 1.60. The molecular formula is C23H26F2N6O4. The van der Waals surface area contributed by atoms with Crippen LogP contribution in [0.15, 0.2) is 47.4 Å². The highest BCUT2D eigenvalue weighted by molar-refractivity contribution is 5.35. The molecule has 3 aromatic rings. The van der Waals surface area contributed by atoms with E-state index < -0.39 is 30.0 Å². The minimum atomic E-state index is -3.69. The maximum Gasteiger partial charge on any atom is 0.351 e. The number of methoxy groups -OCH3 is 1. The molecule has 1 fully saturated rings. The predicted octanol–water partition coefficient (Wildman–Crippen LogP) is 1.03. The van der Waals surface area contributed by atoms with Crippen molar-refractivity contribution in [2.75, 3.05) is 25.9 Å². The van der Waals surface area contributed by atoms with E-state index in [0.717, 1.165) is 23.0 Å². The molecule has 1 aromatic carbocycles. The molecule has 1 saturated heterocycles. The molecule has 0 aliphatic carbocycles. The Kier molecular flexibility index (Phi) is 6.03. The third-order valence-electron chi connectivity index (χ3n) is 6.42. The highest BCUT2D eigenvalue weighted by Crippen LogP contribution is 2.42. The van der Waals surface area contributed by atoms with Gasteiger partial charge in [0, 0.05) is 31.4 Å². The first-order valence-corrected chi connectivity index (χ1v) is 11.2. The van der Waals surface area contributed by atoms with Gasteiger partial charge in [-0.15, -0.1) is 0 Å². The van der Waals surface area contributed by atoms with Gasteiger partial charge in [-0.25, -0.2) is 9.48 Å². The fourth-order valence-corrected chi connectivity index (χ4v) is 4.70. The number of fused-ring (bicyclic) bond motifs is 1. The number of anilines is 1. The van der Waals surface area contributed by atoms with Crippen LogP contribution in [-0.2, 0) is 24.2 Å². The van der Waals surface area contributed by atoms with Gasteiger partial charge in [0.2, 0.25) is 12.1 Å². The predicted molar refractivity (Wildman–Crippen MR) is 121 cm³/mol. The van der Waals surface area contributed by atoms with E-state index >= 15 is 0 Å². The Bertz CT molecular complexity index is 1260. The number of halogens is 2. The van der Waals surface area contributed by atoms with Crippen LogP contribution in [0.1, 0.15) is 23.0 Å². The van der Waals surface area contributed by atoms with Crippen molar-refractivity contribution in [3.63, 3.8) is 0 Å². The van der Waals surface area contributed by atoms with Crippen LogP contribution >= 0.6 is 0 Å². The van der Waals surface area contributed by atoms with E-state index in [-0.39, 0.29) is 12.4 Å². The van der Waals surface area contributed by atoms with Gasteiger partial charge in [-0.2, -0.15) is 18.9 Å². The highest BCUT2D eigenvalue weighted by atomic mass is 19.3. The number of ether oxygens (including phenoxy) is 2. The molecule has 0 radical (unpaired) electrons. The topological polar surface area (TPSA) is 121 Å². The summed E-state index contributed by atoms with van der Waals surface area (Å²) in [6, 6.07) is 11.1. The maximum absolute atomic E-state index is 14.9. The van der Waals surface area contributed by atoms with Crippen LogP contribution in [0.5, 0.6) is 5.88 Å². The summed E-state index contributed by atoms with van der Waals surface area (Å²) in [5, 5.41) is 15.1. The quantitative estimate of drug-likeness (QED) is 0.528. The first-order chi connectivity index (χ1) is 16.8. The van der Waals surface area contributed by atoms with Gasteiger partial charge in [0.1, 0.15) is 18.0 Å². The maximum atomic E-state index is 14.9. The van der Waals surface area contributed by atoms with Gasteiger partial charge < -0.3 is 20.3 Å². The second kappa shape index (κ2) is 9.02. The molecule has 3 N–H and O–H groups in total. The van der Waals surface area contributed by atoms with Crippen molar-refractivity contribution >= 4 is 5.82 Å². The number of aliphatic hydroxyl groups is 1. The summed E-state index contributed by atoms with van der Waals surface area (Å²) >= 11 is 0. The Hall–Kier alpha value is -3.35. The first kappa shape index (κ1) is 23.4. The van der Waals surface area contributed by atoms with Crippen molar-refractivity contribution < 1.29 is 23.4 Å². The summed E-state index contributed by atoms with van der Waals surface area (Å²) in [6.07, 6.45) is -3.58. The Labute approximate surface area is 199 Å². The van der Waals surface area contributed by atoms with E-state index in [1.165, 1.54) is 6.07 Å². The number of nitrogen functional groups attached to an aromatic ring is 1. The average molecular weight is 488 g/mol. The van der Waals surface area contributed by atoms with Crippen LogP contribution < -0.4 is 16.2 Å². The van der Waals surface area contributed by atoms with Crippen molar-refractivity contribution in [1.82, 2.24) is 24.2 Å². The van der Waals surface area contributed by atoms with Crippen LogP contribution in [-0.4, -0.2) is 67.7 Å². The van der Waals surface area contributed by atoms with Gasteiger partial charge in [-0.05, 0) is 18.1 Å². The van der Waals surface area contributed by atoms with Gasteiger partial charge in [0.25, 0.3) is 0 Å². The zero-order valence-corrected chi connectivity index (χ0v) is 19.1. The molecule has 35 heavy (non-hydrogen) atoms. The molecule has 2 aromatic heterocycles. The minimum Gasteiger partial charge on any atom is -0.481 e. The lowest BCUT2D eigenvalue weighted by Gasteiger charge is -2.29. The second-order valence-electron chi connectivity index (χ2n) is 8.75. The van der Waals surface area contributed by atoms with E-state index in [2.05, 4.69) is 4.98 Å². The molecule has 0 saturated carbocycles. The lowest BCUT2D eigenvalue weighted by molar-refractivity contribution is -0.140. The lowest BCUT2D eigenvalue weighted by Crippen LogP contribution is -2.44. The number of rotatable bonds is 6.